The van der Waals surface area contributed by atoms with Gasteiger partial charge in [0.1, 0.15) is 22.9 Å². The van der Waals surface area contributed by atoms with Crippen molar-refractivity contribution in [2.45, 2.75) is 27.7 Å². The summed E-state index contributed by atoms with van der Waals surface area (Å²) in [5.74, 6) is -3.18. The number of rotatable bonds is 11. The zero-order chi connectivity index (χ0) is 43.5. The lowest BCUT2D eigenvalue weighted by molar-refractivity contribution is -0.384. The molecule has 2 amide bonds. The van der Waals surface area contributed by atoms with Crippen molar-refractivity contribution in [3.05, 3.63) is 106 Å². The standard InChI is InChI=1S/C21H23FN4O5.C21H25FN4O3/c1-3-31-21(28)17-12-20(26(29)30)19(13-18(17)22)23-15-5-4-6-16(11-15)25-9-7-24(8-10-25)14(2)27;1-3-29-21(28)17-12-19(23)20(13-18(17)22)24-15-5-4-6-16(11-15)26-9-7-25(8-10-26)14(2)27/h4-6,11-13,23H,3,7-10H2,1-2H3;4-6,11-13,24H,3,7-10,23H2,1-2H3. The number of hydrogen-bond donors (Lipinski definition) is 3. The van der Waals surface area contributed by atoms with Crippen molar-refractivity contribution in [1.82, 2.24) is 9.80 Å². The molecule has 318 valence electrons. The molecule has 18 heteroatoms. The Morgan fingerprint density at radius 3 is 1.50 bits per heavy atom. The highest BCUT2D eigenvalue weighted by Gasteiger charge is 2.25. The quantitative estimate of drug-likeness (QED) is 0.0659. The number of piperazine rings is 2. The Balaban J connectivity index is 0.000000228. The number of ether oxygens (including phenoxy) is 2. The Hall–Kier alpha value is -6.98. The zero-order valence-electron chi connectivity index (χ0n) is 33.8. The van der Waals surface area contributed by atoms with Crippen LogP contribution in [0.25, 0.3) is 0 Å². The monoisotopic (exact) mass is 830 g/mol. The molecule has 2 fully saturated rings. The van der Waals surface area contributed by atoms with E-state index in [0.29, 0.717) is 50.6 Å². The SMILES string of the molecule is CCOC(=O)c1cc(N)c(Nc2cccc(N3CCN(C(C)=O)CC3)c2)cc1F.CCOC(=O)c1cc([N+](=O)[O-])c(Nc2cccc(N3CCN(C(C)=O)CC3)c2)cc1F. The second-order valence-corrected chi connectivity index (χ2v) is 13.8. The van der Waals surface area contributed by atoms with Gasteiger partial charge < -0.3 is 45.4 Å². The maximum atomic E-state index is 14.4. The summed E-state index contributed by atoms with van der Waals surface area (Å²) in [6.45, 7) is 11.9. The average Bonchev–Trinajstić information content (AvgIpc) is 3.22. The fourth-order valence-electron chi connectivity index (χ4n) is 6.67. The van der Waals surface area contributed by atoms with Gasteiger partial charge in [0, 0.05) is 107 Å². The van der Waals surface area contributed by atoms with Crippen molar-refractivity contribution in [2.75, 3.05) is 91.7 Å². The molecule has 0 atom stereocenters. The number of hydrogen-bond acceptors (Lipinski definition) is 13. The first-order valence-electron chi connectivity index (χ1n) is 19.3. The summed E-state index contributed by atoms with van der Waals surface area (Å²) < 4.78 is 38.4. The van der Waals surface area contributed by atoms with E-state index in [-0.39, 0.29) is 42.0 Å². The number of nitrogens with one attached hydrogen (secondary N) is 2. The van der Waals surface area contributed by atoms with Crippen LogP contribution >= 0.6 is 0 Å². The molecule has 4 aromatic rings. The Morgan fingerprint density at radius 2 is 1.08 bits per heavy atom. The molecule has 60 heavy (non-hydrogen) atoms. The maximum absolute atomic E-state index is 14.4. The number of nitro benzene ring substituents is 1. The highest BCUT2D eigenvalue weighted by molar-refractivity contribution is 5.93. The van der Waals surface area contributed by atoms with Gasteiger partial charge in [-0.1, -0.05) is 12.1 Å². The fourth-order valence-corrected chi connectivity index (χ4v) is 6.67. The summed E-state index contributed by atoms with van der Waals surface area (Å²) in [4.78, 5) is 65.4. The second kappa shape index (κ2) is 20.1. The molecule has 2 aliphatic rings. The number of nitrogens with zero attached hydrogens (tertiary/aromatic N) is 5. The summed E-state index contributed by atoms with van der Waals surface area (Å²) in [6.07, 6.45) is 0. The van der Waals surface area contributed by atoms with E-state index in [1.54, 1.807) is 50.8 Å². The number of carbonyl (C=O) groups excluding carboxylic acids is 4. The molecule has 4 N–H and O–H groups in total. The number of halogens is 2. The predicted octanol–water partition coefficient (Wildman–Crippen LogP) is 6.32. The van der Waals surface area contributed by atoms with Crippen LogP contribution in [0.3, 0.4) is 0 Å². The Kier molecular flexibility index (Phi) is 14.8. The van der Waals surface area contributed by atoms with E-state index in [9.17, 15) is 38.1 Å². The molecule has 2 aliphatic heterocycles. The molecule has 0 radical (unpaired) electrons. The van der Waals surface area contributed by atoms with Gasteiger partial charge in [0.15, 0.2) is 0 Å². The highest BCUT2D eigenvalue weighted by atomic mass is 19.1. The van der Waals surface area contributed by atoms with Crippen molar-refractivity contribution in [3.8, 4) is 0 Å². The molecule has 16 nitrogen and oxygen atoms in total. The molecule has 0 aliphatic carbocycles. The smallest absolute Gasteiger partial charge is 0.341 e. The molecular formula is C42H48F2N8O8. The number of amides is 2. The van der Waals surface area contributed by atoms with Crippen LogP contribution in [0.2, 0.25) is 0 Å². The molecule has 6 rings (SSSR count). The number of benzene rings is 4. The highest BCUT2D eigenvalue weighted by Crippen LogP contribution is 2.33. The third-order valence-corrected chi connectivity index (χ3v) is 9.84. The summed E-state index contributed by atoms with van der Waals surface area (Å²) in [5.41, 5.74) is 8.58. The van der Waals surface area contributed by atoms with Crippen LogP contribution in [0.5, 0.6) is 0 Å². The van der Waals surface area contributed by atoms with E-state index in [1.807, 2.05) is 35.2 Å². The van der Waals surface area contributed by atoms with Crippen LogP contribution in [0.15, 0.2) is 72.8 Å². The van der Waals surface area contributed by atoms with Gasteiger partial charge in [0.05, 0.1) is 35.1 Å². The van der Waals surface area contributed by atoms with Crippen LogP contribution in [0.4, 0.5) is 54.3 Å². The molecule has 0 unspecified atom stereocenters. The van der Waals surface area contributed by atoms with Gasteiger partial charge in [0.2, 0.25) is 11.8 Å². The van der Waals surface area contributed by atoms with Crippen molar-refractivity contribution in [1.29, 1.82) is 0 Å². The van der Waals surface area contributed by atoms with E-state index < -0.39 is 39.7 Å². The Labute approximate surface area is 346 Å². The number of nitro groups is 1. The lowest BCUT2D eigenvalue weighted by Gasteiger charge is -2.35. The van der Waals surface area contributed by atoms with E-state index in [2.05, 4.69) is 20.4 Å². The van der Waals surface area contributed by atoms with E-state index in [0.717, 1.165) is 42.3 Å². The van der Waals surface area contributed by atoms with Gasteiger partial charge in [-0.25, -0.2) is 18.4 Å². The largest absolute Gasteiger partial charge is 0.462 e. The van der Waals surface area contributed by atoms with Gasteiger partial charge in [-0.2, -0.15) is 0 Å². The predicted molar refractivity (Wildman–Crippen MR) is 224 cm³/mol. The fraction of sp³-hybridized carbons (Fsp3) is 0.333. The first kappa shape index (κ1) is 44.1. The van der Waals surface area contributed by atoms with Crippen molar-refractivity contribution < 1.29 is 42.4 Å². The molecule has 0 spiro atoms. The summed E-state index contributed by atoms with van der Waals surface area (Å²) in [7, 11) is 0. The maximum Gasteiger partial charge on any atom is 0.341 e. The first-order chi connectivity index (χ1) is 28.7. The van der Waals surface area contributed by atoms with Crippen LogP contribution in [-0.4, -0.2) is 104 Å². The van der Waals surface area contributed by atoms with Crippen LogP contribution in [0, 0.1) is 21.7 Å². The minimum Gasteiger partial charge on any atom is -0.462 e. The molecular weight excluding hydrogens is 783 g/mol. The van der Waals surface area contributed by atoms with Gasteiger partial charge in [-0.05, 0) is 56.3 Å². The molecule has 0 aromatic heterocycles. The molecule has 0 saturated carbocycles. The average molecular weight is 831 g/mol. The van der Waals surface area contributed by atoms with Crippen molar-refractivity contribution in [3.63, 3.8) is 0 Å². The number of carbonyl (C=O) groups is 4. The summed E-state index contributed by atoms with van der Waals surface area (Å²) in [5, 5.41) is 17.5. The Morgan fingerprint density at radius 1 is 0.667 bits per heavy atom. The molecule has 2 saturated heterocycles. The molecule has 0 bridgehead atoms. The first-order valence-corrected chi connectivity index (χ1v) is 19.3. The van der Waals surface area contributed by atoms with E-state index in [4.69, 9.17) is 15.2 Å². The van der Waals surface area contributed by atoms with Crippen LogP contribution < -0.4 is 26.2 Å². The number of anilines is 7. The lowest BCUT2D eigenvalue weighted by atomic mass is 10.1. The van der Waals surface area contributed by atoms with E-state index >= 15 is 0 Å². The van der Waals surface area contributed by atoms with Crippen LogP contribution in [0.1, 0.15) is 48.4 Å². The molecule has 2 heterocycles. The zero-order valence-corrected chi connectivity index (χ0v) is 33.8. The number of esters is 2. The third kappa shape index (κ3) is 11.1. The minimum atomic E-state index is -0.957. The van der Waals surface area contributed by atoms with Gasteiger partial charge >= 0.3 is 11.9 Å². The summed E-state index contributed by atoms with van der Waals surface area (Å²) in [6, 6.07) is 19.1. The van der Waals surface area contributed by atoms with Crippen molar-refractivity contribution >= 4 is 69.3 Å². The lowest BCUT2D eigenvalue weighted by Crippen LogP contribution is -2.48. The topological polar surface area (TPSA) is 193 Å². The van der Waals surface area contributed by atoms with Crippen LogP contribution in [-0.2, 0) is 19.1 Å². The van der Waals surface area contributed by atoms with Crippen molar-refractivity contribution in [2.24, 2.45) is 0 Å². The van der Waals surface area contributed by atoms with E-state index in [1.165, 1.54) is 12.1 Å². The third-order valence-electron chi connectivity index (χ3n) is 9.84. The number of nitrogen functional groups attached to an aromatic ring is 1. The normalized spacial score (nSPS) is 13.8. The second-order valence-electron chi connectivity index (χ2n) is 13.8. The van der Waals surface area contributed by atoms with Gasteiger partial charge in [-0.15, -0.1) is 0 Å². The Bertz CT molecular complexity index is 2230. The molecule has 4 aromatic carbocycles. The minimum absolute atomic E-state index is 0.0273. The van der Waals surface area contributed by atoms with Gasteiger partial charge in [0.25, 0.3) is 5.69 Å². The summed E-state index contributed by atoms with van der Waals surface area (Å²) >= 11 is 0. The van der Waals surface area contributed by atoms with Gasteiger partial charge in [-0.3, -0.25) is 19.7 Å². The number of nitrogens with two attached hydrogens (primary N) is 1.